The normalized spacial score (nSPS) is 37.2. The molecule has 0 bridgehead atoms. The molecule has 48 heavy (non-hydrogen) atoms. The fourth-order valence-electron chi connectivity index (χ4n) is 9.57. The van der Waals surface area contributed by atoms with E-state index in [-0.39, 0.29) is 124 Å². The zero-order chi connectivity index (χ0) is 34.2. The first-order valence-electron chi connectivity index (χ1n) is 15.5. The smallest absolute Gasteiger partial charge is 0.726 e. The second-order valence-electron chi connectivity index (χ2n) is 15.6. The van der Waals surface area contributed by atoms with Gasteiger partial charge in [0.15, 0.2) is 0 Å². The predicted octanol–water partition coefficient (Wildman–Crippen LogP) is -4.26. The van der Waals surface area contributed by atoms with Crippen molar-refractivity contribution in [2.45, 2.75) is 118 Å². The van der Waals surface area contributed by atoms with E-state index >= 15 is 0 Å². The zero-order valence-corrected chi connectivity index (χ0v) is 38.6. The molecule has 260 valence electrons. The van der Waals surface area contributed by atoms with E-state index in [2.05, 4.69) is 58.4 Å². The van der Waals surface area contributed by atoms with Crippen molar-refractivity contribution in [1.29, 1.82) is 0 Å². The average Bonchev–Trinajstić information content (AvgIpc) is 3.11. The molecule has 0 amide bonds. The fourth-order valence-corrected chi connectivity index (χ4v) is 11.1. The molecule has 1 unspecified atom stereocenters. The molecular formula is C30H47Na3O12S3. The molecule has 0 spiro atoms. The first kappa shape index (κ1) is 48.1. The van der Waals surface area contributed by atoms with E-state index in [1.54, 1.807) is 6.92 Å². The van der Waals surface area contributed by atoms with Crippen molar-refractivity contribution in [3.63, 3.8) is 0 Å². The maximum absolute atomic E-state index is 12.0. The molecule has 0 radical (unpaired) electrons. The van der Waals surface area contributed by atoms with E-state index in [0.29, 0.717) is 18.3 Å². The van der Waals surface area contributed by atoms with Gasteiger partial charge in [-0.1, -0.05) is 72.3 Å². The van der Waals surface area contributed by atoms with Crippen molar-refractivity contribution >= 4 is 31.2 Å². The third-order valence-corrected chi connectivity index (χ3v) is 13.7. The first-order chi connectivity index (χ1) is 20.2. The number of hydrogen-bond donors (Lipinski definition) is 0. The van der Waals surface area contributed by atoms with Gasteiger partial charge in [0.1, 0.15) is 12.2 Å². The maximum atomic E-state index is 12.0. The molecule has 0 heterocycles. The maximum Gasteiger partial charge on any atom is 1.00 e. The Labute approximate surface area is 354 Å². The largest absolute Gasteiger partial charge is 1.00 e. The van der Waals surface area contributed by atoms with Crippen LogP contribution in [0.2, 0.25) is 0 Å². The van der Waals surface area contributed by atoms with Gasteiger partial charge in [-0.25, -0.2) is 25.3 Å². The summed E-state index contributed by atoms with van der Waals surface area (Å²) in [5, 5.41) is 0. The summed E-state index contributed by atoms with van der Waals surface area (Å²) in [4.78, 5) is 0. The summed E-state index contributed by atoms with van der Waals surface area (Å²) < 4.78 is 120. The Kier molecular flexibility index (Phi) is 16.5. The van der Waals surface area contributed by atoms with Gasteiger partial charge >= 0.3 is 88.7 Å². The fraction of sp³-hybridized carbons (Fsp3) is 0.867. The van der Waals surface area contributed by atoms with Crippen LogP contribution < -0.4 is 88.7 Å². The molecule has 18 heteroatoms. The minimum absolute atomic E-state index is 0. The Morgan fingerprint density at radius 1 is 0.875 bits per heavy atom. The summed E-state index contributed by atoms with van der Waals surface area (Å²) in [6.07, 6.45) is 1.36. The molecule has 4 aliphatic rings. The van der Waals surface area contributed by atoms with Gasteiger partial charge in [-0.2, -0.15) is 0 Å². The number of rotatable bonds is 10. The van der Waals surface area contributed by atoms with Crippen LogP contribution in [-0.2, 0) is 43.7 Å². The molecule has 0 aliphatic heterocycles. The van der Waals surface area contributed by atoms with E-state index in [1.165, 1.54) is 5.57 Å². The summed E-state index contributed by atoms with van der Waals surface area (Å²) in [6, 6.07) is 0. The number of fused-ring (bicyclic) bond motifs is 5. The summed E-state index contributed by atoms with van der Waals surface area (Å²) in [5.41, 5.74) is 0.488. The van der Waals surface area contributed by atoms with Crippen molar-refractivity contribution in [2.75, 3.05) is 0 Å². The van der Waals surface area contributed by atoms with Crippen LogP contribution in [0.15, 0.2) is 23.8 Å². The van der Waals surface area contributed by atoms with Crippen molar-refractivity contribution in [1.82, 2.24) is 0 Å². The van der Waals surface area contributed by atoms with Gasteiger partial charge in [0.25, 0.3) is 0 Å². The van der Waals surface area contributed by atoms with Gasteiger partial charge in [-0.15, -0.1) is 0 Å². The molecule has 0 saturated heterocycles. The van der Waals surface area contributed by atoms with E-state index in [0.717, 1.165) is 31.3 Å². The van der Waals surface area contributed by atoms with Gasteiger partial charge in [-0.05, 0) is 96.7 Å². The van der Waals surface area contributed by atoms with E-state index in [4.69, 9.17) is 8.37 Å². The quantitative estimate of drug-likeness (QED) is 0.0900. The van der Waals surface area contributed by atoms with Gasteiger partial charge in [0.2, 0.25) is 31.2 Å². The molecule has 4 aliphatic carbocycles. The molecule has 0 aromatic rings. The van der Waals surface area contributed by atoms with Crippen molar-refractivity contribution in [2.24, 2.45) is 45.3 Å². The molecule has 3 fully saturated rings. The Morgan fingerprint density at radius 3 is 1.88 bits per heavy atom. The van der Waals surface area contributed by atoms with E-state index in [1.807, 2.05) is 0 Å². The molecule has 4 rings (SSSR count). The molecule has 10 atom stereocenters. The van der Waals surface area contributed by atoms with Crippen LogP contribution in [0, 0.1) is 45.3 Å². The minimum atomic E-state index is -5.38. The van der Waals surface area contributed by atoms with Crippen LogP contribution in [0.25, 0.3) is 0 Å². The topological polar surface area (TPSA) is 199 Å². The predicted molar refractivity (Wildman–Crippen MR) is 161 cm³/mol. The first-order valence-corrected chi connectivity index (χ1v) is 19.5. The summed E-state index contributed by atoms with van der Waals surface area (Å²) >= 11 is 0. The average molecular weight is 765 g/mol. The van der Waals surface area contributed by atoms with Gasteiger partial charge in [0.05, 0.1) is 6.10 Å². The molecule has 0 aromatic heterocycles. The number of allylic oxidation sites excluding steroid dienone is 3. The van der Waals surface area contributed by atoms with Gasteiger partial charge in [0, 0.05) is 0 Å². The Hall–Kier alpha value is 2.09. The van der Waals surface area contributed by atoms with E-state index in [9.17, 15) is 38.9 Å². The van der Waals surface area contributed by atoms with Crippen LogP contribution in [0.1, 0.15) is 99.8 Å². The van der Waals surface area contributed by atoms with Crippen molar-refractivity contribution in [3.05, 3.63) is 23.8 Å². The van der Waals surface area contributed by atoms with Crippen molar-refractivity contribution < 1.29 is 140 Å². The summed E-state index contributed by atoms with van der Waals surface area (Å²) in [6.45, 7) is 19.2. The Balaban J connectivity index is 0.00000384. The molecule has 3 saturated carbocycles. The molecule has 0 aromatic carbocycles. The molecular weight excluding hydrogens is 717 g/mol. The van der Waals surface area contributed by atoms with Gasteiger partial charge in [-0.3, -0.25) is 12.5 Å². The third kappa shape index (κ3) is 10.2. The van der Waals surface area contributed by atoms with Crippen LogP contribution in [0.5, 0.6) is 0 Å². The van der Waals surface area contributed by atoms with Crippen LogP contribution in [0.4, 0.5) is 0 Å². The van der Waals surface area contributed by atoms with Crippen LogP contribution >= 0.6 is 0 Å². The third-order valence-electron chi connectivity index (χ3n) is 12.3. The second kappa shape index (κ2) is 16.4. The SMILES string of the molecule is C=C(CC[C@@H](C)[C@H]1CC[C@@]2(C)C3C[C@H](OS(=O)(=O)[O-])[C@H]4C[C@H](OS(=O)(=O)[O-])[C@@H](OS(=O)(=O)[O-])C[C@]4(C)C3=CC[C@]12C)C(C)(C)C.[Na+].[Na+].[Na+]. The van der Waals surface area contributed by atoms with Gasteiger partial charge < -0.3 is 13.7 Å². The minimum Gasteiger partial charge on any atom is -0.726 e. The van der Waals surface area contributed by atoms with Crippen LogP contribution in [-0.4, -0.2) is 57.2 Å². The number of hydrogen-bond acceptors (Lipinski definition) is 12. The monoisotopic (exact) mass is 764 g/mol. The van der Waals surface area contributed by atoms with Crippen LogP contribution in [0.3, 0.4) is 0 Å². The standard InChI is InChI=1S/C30H50O12S3.3Na/c1-18(9-10-19(2)27(3,4)5)20-11-13-30(8)22-15-24(40-43(31,32)33)23-16-25(41-44(34,35)36)26(42-45(37,38)39)17-28(23,6)21(22)12-14-29(20,30)7;;;/h12,18,20,22-26H,2,9-11,13-17H2,1,3-8H3,(H,31,32,33)(H,34,35,36)(H,37,38,39);;;/q;3*+1/p-3/t18-,20-,22?,23-,24+,25+,26+,28-,29-,30+;;;/m1.../s1. The summed E-state index contributed by atoms with van der Waals surface area (Å²) in [7, 11) is -15.9. The molecule has 0 N–H and O–H groups in total. The molecule has 12 nitrogen and oxygen atoms in total. The zero-order valence-electron chi connectivity index (χ0n) is 30.1. The van der Waals surface area contributed by atoms with Crippen molar-refractivity contribution in [3.8, 4) is 0 Å². The Bertz CT molecular complexity index is 1550. The van der Waals surface area contributed by atoms with E-state index < -0.39 is 67.3 Å². The summed E-state index contributed by atoms with van der Waals surface area (Å²) in [5.74, 6) is -0.420. The Morgan fingerprint density at radius 2 is 1.38 bits per heavy atom. The second-order valence-corrected chi connectivity index (χ2v) is 18.6.